The second-order valence-electron chi connectivity index (χ2n) is 11.0. The molecule has 0 saturated heterocycles. The Morgan fingerprint density at radius 3 is 2.36 bits per heavy atom. The van der Waals surface area contributed by atoms with Crippen molar-refractivity contribution in [3.63, 3.8) is 0 Å². The Hall–Kier alpha value is -4.35. The third kappa shape index (κ3) is 7.54. The van der Waals surface area contributed by atoms with E-state index in [2.05, 4.69) is 45.2 Å². The number of non-ortho nitro benzene ring substituents is 1. The number of thiazole rings is 1. The molecule has 1 aliphatic rings. The van der Waals surface area contributed by atoms with E-state index >= 15 is 0 Å². The molecule has 0 N–H and O–H groups in total. The van der Waals surface area contributed by atoms with E-state index in [1.54, 1.807) is 29.7 Å². The molecule has 0 spiro atoms. The highest BCUT2D eigenvalue weighted by molar-refractivity contribution is 14.1. The molecule has 1 atom stereocenters. The Morgan fingerprint density at radius 2 is 1.70 bits per heavy atom. The first-order valence-corrected chi connectivity index (χ1v) is 18.5. The zero-order valence-corrected chi connectivity index (χ0v) is 31.9. The number of aromatic nitrogens is 1. The number of rotatable bonds is 11. The number of nitro benzene ring substituents is 1. The number of carbonyl (C=O) groups is 1. The van der Waals surface area contributed by atoms with Crippen LogP contribution in [0.15, 0.2) is 106 Å². The molecule has 0 unspecified atom stereocenters. The Balaban J connectivity index is 1.52. The lowest BCUT2D eigenvalue weighted by molar-refractivity contribution is -0.384. The van der Waals surface area contributed by atoms with Crippen molar-refractivity contribution in [2.45, 2.75) is 26.5 Å². The molecule has 0 bridgehead atoms. The van der Waals surface area contributed by atoms with E-state index < -0.39 is 16.9 Å². The van der Waals surface area contributed by atoms with E-state index in [9.17, 15) is 19.7 Å². The zero-order chi connectivity index (χ0) is 35.4. The Morgan fingerprint density at radius 1 is 0.980 bits per heavy atom. The third-order valence-corrected chi connectivity index (χ3v) is 10.1. The van der Waals surface area contributed by atoms with Crippen molar-refractivity contribution in [2.24, 2.45) is 4.99 Å². The van der Waals surface area contributed by atoms with Crippen LogP contribution in [0.1, 0.15) is 42.1 Å². The number of hydrogen-bond acceptors (Lipinski definition) is 9. The van der Waals surface area contributed by atoms with E-state index in [-0.39, 0.29) is 30.0 Å². The number of carbonyl (C=O) groups excluding carboxylic acids is 1. The number of ether oxygens (including phenoxy) is 3. The van der Waals surface area contributed by atoms with E-state index in [1.165, 1.54) is 23.5 Å². The Labute approximate surface area is 318 Å². The summed E-state index contributed by atoms with van der Waals surface area (Å²) < 4.78 is 21.3. The lowest BCUT2D eigenvalue weighted by Crippen LogP contribution is -2.40. The van der Waals surface area contributed by atoms with Gasteiger partial charge in [-0.3, -0.25) is 19.5 Å². The minimum absolute atomic E-state index is 0.00117. The Bertz CT molecular complexity index is 2290. The lowest BCUT2D eigenvalue weighted by atomic mass is 9.93. The largest absolute Gasteiger partial charge is 0.494 e. The standard InChI is InChI=1S/C37H29I2N3O7S/c1-3-47-28-16-12-24(13-17-28)33-31(36(44)48-4-2)32(23-8-6-5-7-9-23)40-37-41(33)35(43)30(50-37)19-25-18-26(38)20-29(39)34(25)49-21-22-10-14-27(15-11-22)42(45)46/h5-20,33H,3-4,21H2,1-2H3/b30-19-/t33-/m1/s1. The van der Waals surface area contributed by atoms with Crippen molar-refractivity contribution < 1.29 is 23.9 Å². The van der Waals surface area contributed by atoms with Gasteiger partial charge in [0.05, 0.1) is 43.6 Å². The molecule has 0 amide bonds. The lowest BCUT2D eigenvalue weighted by Gasteiger charge is -2.26. The molecular formula is C37H29I2N3O7S. The van der Waals surface area contributed by atoms with E-state index in [4.69, 9.17) is 19.2 Å². The second-order valence-corrected chi connectivity index (χ2v) is 14.4. The van der Waals surface area contributed by atoms with Crippen LogP contribution in [0.4, 0.5) is 5.69 Å². The van der Waals surface area contributed by atoms with Crippen molar-refractivity contribution in [3.8, 4) is 11.5 Å². The smallest absolute Gasteiger partial charge is 0.338 e. The fourth-order valence-corrected chi connectivity index (χ4v) is 8.56. The number of hydrogen-bond donors (Lipinski definition) is 0. The van der Waals surface area contributed by atoms with Crippen LogP contribution in [0.2, 0.25) is 0 Å². The molecule has 6 rings (SSSR count). The third-order valence-electron chi connectivity index (χ3n) is 7.73. The summed E-state index contributed by atoms with van der Waals surface area (Å²) >= 11 is 5.64. The highest BCUT2D eigenvalue weighted by Gasteiger charge is 2.35. The highest BCUT2D eigenvalue weighted by atomic mass is 127. The first-order valence-electron chi connectivity index (χ1n) is 15.5. The van der Waals surface area contributed by atoms with Crippen LogP contribution in [0.25, 0.3) is 11.8 Å². The zero-order valence-electron chi connectivity index (χ0n) is 26.8. The molecule has 1 aliphatic heterocycles. The van der Waals surface area contributed by atoms with Gasteiger partial charge in [-0.2, -0.15) is 0 Å². The van der Waals surface area contributed by atoms with Crippen molar-refractivity contribution >= 4 is 79.9 Å². The van der Waals surface area contributed by atoms with Gasteiger partial charge in [0.1, 0.15) is 18.1 Å². The fraction of sp³-hybridized carbons (Fsp3) is 0.162. The summed E-state index contributed by atoms with van der Waals surface area (Å²) in [7, 11) is 0. The number of fused-ring (bicyclic) bond motifs is 1. The molecule has 0 radical (unpaired) electrons. The quantitative estimate of drug-likeness (QED) is 0.0604. The Kier molecular flexibility index (Phi) is 11.1. The molecular weight excluding hydrogens is 884 g/mol. The number of esters is 1. The normalized spacial score (nSPS) is 14.2. The minimum Gasteiger partial charge on any atom is -0.494 e. The van der Waals surface area contributed by atoms with Gasteiger partial charge in [0.2, 0.25) is 0 Å². The van der Waals surface area contributed by atoms with Crippen molar-refractivity contribution in [1.82, 2.24) is 4.57 Å². The monoisotopic (exact) mass is 913 g/mol. The summed E-state index contributed by atoms with van der Waals surface area (Å²) in [6.45, 7) is 4.46. The molecule has 13 heteroatoms. The number of halogens is 2. The first-order chi connectivity index (χ1) is 24.2. The fourth-order valence-electron chi connectivity index (χ4n) is 5.52. The van der Waals surface area contributed by atoms with Crippen LogP contribution in [0.3, 0.4) is 0 Å². The molecule has 50 heavy (non-hydrogen) atoms. The molecule has 4 aromatic carbocycles. The average Bonchev–Trinajstić information content (AvgIpc) is 3.42. The summed E-state index contributed by atoms with van der Waals surface area (Å²) in [4.78, 5) is 44.3. The van der Waals surface area contributed by atoms with Gasteiger partial charge in [-0.1, -0.05) is 53.8 Å². The maximum atomic E-state index is 14.5. The molecule has 254 valence electrons. The highest BCUT2D eigenvalue weighted by Crippen LogP contribution is 2.36. The molecule has 2 heterocycles. The van der Waals surface area contributed by atoms with Crippen LogP contribution in [0.5, 0.6) is 11.5 Å². The van der Waals surface area contributed by atoms with Crippen LogP contribution in [-0.2, 0) is 16.1 Å². The number of benzene rings is 4. The number of nitro groups is 1. The molecule has 10 nitrogen and oxygen atoms in total. The predicted molar refractivity (Wildman–Crippen MR) is 208 cm³/mol. The second kappa shape index (κ2) is 15.7. The summed E-state index contributed by atoms with van der Waals surface area (Å²) in [5.41, 5.74) is 3.23. The van der Waals surface area contributed by atoms with Gasteiger partial charge in [-0.15, -0.1) is 0 Å². The molecule has 0 aliphatic carbocycles. The van der Waals surface area contributed by atoms with Crippen molar-refractivity contribution in [1.29, 1.82) is 0 Å². The van der Waals surface area contributed by atoms with E-state index in [1.807, 2.05) is 73.7 Å². The van der Waals surface area contributed by atoms with E-state index in [0.29, 0.717) is 44.3 Å². The van der Waals surface area contributed by atoms with Gasteiger partial charge >= 0.3 is 5.97 Å². The molecule has 0 saturated carbocycles. The first kappa shape index (κ1) is 35.5. The van der Waals surface area contributed by atoms with Crippen LogP contribution in [0, 0.1) is 17.3 Å². The minimum atomic E-state index is -0.827. The van der Waals surface area contributed by atoms with Crippen LogP contribution in [-0.4, -0.2) is 28.7 Å². The van der Waals surface area contributed by atoms with Gasteiger partial charge in [-0.25, -0.2) is 9.79 Å². The average molecular weight is 914 g/mol. The van der Waals surface area contributed by atoms with Gasteiger partial charge in [0, 0.05) is 26.8 Å². The van der Waals surface area contributed by atoms with Crippen LogP contribution < -0.4 is 24.4 Å². The summed E-state index contributed by atoms with van der Waals surface area (Å²) in [5.74, 6) is 0.677. The molecule has 1 aromatic heterocycles. The summed E-state index contributed by atoms with van der Waals surface area (Å²) in [6.07, 6.45) is 1.78. The topological polar surface area (TPSA) is 122 Å². The van der Waals surface area contributed by atoms with Gasteiger partial charge in [-0.05, 0) is 113 Å². The van der Waals surface area contributed by atoms with Crippen molar-refractivity contribution in [2.75, 3.05) is 13.2 Å². The van der Waals surface area contributed by atoms with Crippen LogP contribution >= 0.6 is 56.5 Å². The van der Waals surface area contributed by atoms with Crippen molar-refractivity contribution in [3.05, 3.63) is 156 Å². The van der Waals surface area contributed by atoms with E-state index in [0.717, 1.165) is 18.3 Å². The SMILES string of the molecule is CCOC(=O)C1=C(c2ccccc2)N=c2s/c(=C\c3cc(I)cc(I)c3OCc3ccc([N+](=O)[O-])cc3)c(=O)n2[C@@H]1c1ccc(OCC)cc1. The summed E-state index contributed by atoms with van der Waals surface area (Å²) in [6, 6.07) is 26.0. The predicted octanol–water partition coefficient (Wildman–Crippen LogP) is 7.03. The van der Waals surface area contributed by atoms with Gasteiger partial charge in [0.25, 0.3) is 11.2 Å². The number of nitrogens with zero attached hydrogens (tertiary/aromatic N) is 3. The van der Waals surface area contributed by atoms with Gasteiger partial charge < -0.3 is 14.2 Å². The maximum Gasteiger partial charge on any atom is 0.338 e. The molecule has 0 fully saturated rings. The summed E-state index contributed by atoms with van der Waals surface area (Å²) in [5, 5.41) is 11.1. The van der Waals surface area contributed by atoms with Gasteiger partial charge in [0.15, 0.2) is 4.80 Å². The molecule has 5 aromatic rings. The maximum absolute atomic E-state index is 14.5.